The van der Waals surface area contributed by atoms with Crippen molar-refractivity contribution >= 4 is 22.1 Å². The highest BCUT2D eigenvalue weighted by molar-refractivity contribution is 7.89. The van der Waals surface area contributed by atoms with Gasteiger partial charge in [0.1, 0.15) is 0 Å². The molecule has 30 heavy (non-hydrogen) atoms. The molecule has 0 aromatic heterocycles. The van der Waals surface area contributed by atoms with Crippen molar-refractivity contribution in [2.75, 3.05) is 34.9 Å². The Morgan fingerprint density at radius 1 is 1.07 bits per heavy atom. The van der Waals surface area contributed by atoms with Gasteiger partial charge in [0.2, 0.25) is 15.8 Å². The van der Waals surface area contributed by atoms with Crippen LogP contribution in [0.4, 0.5) is 0 Å². The molecule has 2 aromatic carbocycles. The number of methoxy groups -OCH3 is 3. The third-order valence-electron chi connectivity index (χ3n) is 4.19. The molecule has 2 rings (SSSR count). The average molecular weight is 436 g/mol. The average Bonchev–Trinajstić information content (AvgIpc) is 2.73. The fraction of sp³-hybridized carbons (Fsp3) is 0.300. The second-order valence-electron chi connectivity index (χ2n) is 6.33. The Hall–Kier alpha value is -3.11. The van der Waals surface area contributed by atoms with Gasteiger partial charge in [0.15, 0.2) is 11.5 Å². The molecule has 0 fully saturated rings. The van der Waals surface area contributed by atoms with Crippen LogP contribution in [-0.4, -0.2) is 59.8 Å². The number of hydrazone groups is 1. The van der Waals surface area contributed by atoms with Gasteiger partial charge in [-0.2, -0.15) is 9.41 Å². The van der Waals surface area contributed by atoms with Crippen LogP contribution in [0, 0.1) is 6.92 Å². The van der Waals surface area contributed by atoms with Crippen LogP contribution in [0.25, 0.3) is 0 Å². The second-order valence-corrected chi connectivity index (χ2v) is 8.37. The molecule has 1 amide bonds. The normalized spacial score (nSPS) is 11.5. The number of carbonyl (C=O) groups excluding carboxylic acids is 1. The molecule has 0 aliphatic heterocycles. The lowest BCUT2D eigenvalue weighted by Crippen LogP contribution is -2.36. The Morgan fingerprint density at radius 2 is 1.63 bits per heavy atom. The first-order valence-corrected chi connectivity index (χ1v) is 10.3. The zero-order chi connectivity index (χ0) is 22.3. The van der Waals surface area contributed by atoms with E-state index in [-0.39, 0.29) is 11.4 Å². The first kappa shape index (κ1) is 23.2. The van der Waals surface area contributed by atoms with Gasteiger partial charge < -0.3 is 14.2 Å². The number of amides is 1. The molecule has 0 saturated carbocycles. The summed E-state index contributed by atoms with van der Waals surface area (Å²) in [6.45, 7) is 1.47. The molecule has 0 aliphatic rings. The van der Waals surface area contributed by atoms with E-state index >= 15 is 0 Å². The highest BCUT2D eigenvalue weighted by Gasteiger charge is 2.22. The van der Waals surface area contributed by atoms with Crippen molar-refractivity contribution in [2.24, 2.45) is 5.10 Å². The molecule has 0 radical (unpaired) electrons. The lowest BCUT2D eigenvalue weighted by atomic mass is 10.2. The number of nitrogens with one attached hydrogen (secondary N) is 1. The molecule has 162 valence electrons. The molecule has 9 nitrogen and oxygen atoms in total. The van der Waals surface area contributed by atoms with E-state index < -0.39 is 15.9 Å². The summed E-state index contributed by atoms with van der Waals surface area (Å²) in [5, 5.41) is 3.87. The topological polar surface area (TPSA) is 107 Å². The van der Waals surface area contributed by atoms with Crippen molar-refractivity contribution in [2.45, 2.75) is 11.8 Å². The molecule has 0 aliphatic carbocycles. The van der Waals surface area contributed by atoms with Crippen LogP contribution in [0.1, 0.15) is 11.1 Å². The number of likely N-dealkylation sites (N-methyl/N-ethyl adjacent to an activating group) is 1. The van der Waals surface area contributed by atoms with Crippen molar-refractivity contribution in [3.05, 3.63) is 47.5 Å². The van der Waals surface area contributed by atoms with Crippen LogP contribution in [-0.2, 0) is 14.8 Å². The monoisotopic (exact) mass is 435 g/mol. The Bertz CT molecular complexity index is 994. The molecule has 0 atom stereocenters. The molecular formula is C20H25N3O6S. The summed E-state index contributed by atoms with van der Waals surface area (Å²) < 4.78 is 41.8. The summed E-state index contributed by atoms with van der Waals surface area (Å²) >= 11 is 0. The lowest BCUT2D eigenvalue weighted by Gasteiger charge is -2.16. The predicted molar refractivity (Wildman–Crippen MR) is 113 cm³/mol. The summed E-state index contributed by atoms with van der Waals surface area (Å²) in [6, 6.07) is 9.71. The zero-order valence-electron chi connectivity index (χ0n) is 17.5. The number of rotatable bonds is 9. The fourth-order valence-corrected chi connectivity index (χ4v) is 3.69. The van der Waals surface area contributed by atoms with Crippen LogP contribution in [0.3, 0.4) is 0 Å². The number of hydrogen-bond acceptors (Lipinski definition) is 7. The zero-order valence-corrected chi connectivity index (χ0v) is 18.3. The Balaban J connectivity index is 2.05. The van der Waals surface area contributed by atoms with E-state index in [9.17, 15) is 13.2 Å². The van der Waals surface area contributed by atoms with Crippen LogP contribution in [0.2, 0.25) is 0 Å². The number of aryl methyl sites for hydroxylation is 1. The third kappa shape index (κ3) is 5.49. The van der Waals surface area contributed by atoms with Crippen molar-refractivity contribution < 1.29 is 27.4 Å². The Labute approximate surface area is 176 Å². The fourth-order valence-electron chi connectivity index (χ4n) is 2.57. The number of ether oxygens (including phenoxy) is 3. The SMILES string of the molecule is COc1cc(/C=N/NC(=O)CN(C)S(=O)(=O)c2ccc(C)cc2)cc(OC)c1OC. The second kappa shape index (κ2) is 10.1. The molecule has 0 saturated heterocycles. The van der Waals surface area contributed by atoms with Crippen LogP contribution in [0.15, 0.2) is 46.4 Å². The van der Waals surface area contributed by atoms with Crippen molar-refractivity contribution in [1.29, 1.82) is 0 Å². The number of nitrogens with zero attached hydrogens (tertiary/aromatic N) is 2. The minimum atomic E-state index is -3.78. The van der Waals surface area contributed by atoms with Gasteiger partial charge in [-0.05, 0) is 31.2 Å². The molecule has 0 unspecified atom stereocenters. The molecular weight excluding hydrogens is 410 g/mol. The maximum absolute atomic E-state index is 12.5. The van der Waals surface area contributed by atoms with Gasteiger partial charge >= 0.3 is 0 Å². The maximum Gasteiger partial charge on any atom is 0.255 e. The minimum absolute atomic E-state index is 0.115. The smallest absolute Gasteiger partial charge is 0.255 e. The summed E-state index contributed by atoms with van der Waals surface area (Å²) in [6.07, 6.45) is 1.39. The van der Waals surface area contributed by atoms with Gasteiger partial charge in [0.25, 0.3) is 5.91 Å². The van der Waals surface area contributed by atoms with Gasteiger partial charge in [-0.15, -0.1) is 0 Å². The highest BCUT2D eigenvalue weighted by Crippen LogP contribution is 2.37. The van der Waals surface area contributed by atoms with E-state index in [4.69, 9.17) is 14.2 Å². The lowest BCUT2D eigenvalue weighted by molar-refractivity contribution is -0.121. The van der Waals surface area contributed by atoms with Gasteiger partial charge in [-0.25, -0.2) is 13.8 Å². The first-order valence-electron chi connectivity index (χ1n) is 8.87. The number of carbonyl (C=O) groups is 1. The Kier molecular flexibility index (Phi) is 7.79. The summed E-state index contributed by atoms with van der Waals surface area (Å²) in [5.41, 5.74) is 3.84. The maximum atomic E-state index is 12.5. The highest BCUT2D eigenvalue weighted by atomic mass is 32.2. The van der Waals surface area contributed by atoms with E-state index in [1.54, 1.807) is 24.3 Å². The minimum Gasteiger partial charge on any atom is -0.493 e. The predicted octanol–water partition coefficient (Wildman–Crippen LogP) is 1.79. The van der Waals surface area contributed by atoms with Gasteiger partial charge in [-0.1, -0.05) is 17.7 Å². The number of benzene rings is 2. The standard InChI is InChI=1S/C20H25N3O6S/c1-14-6-8-16(9-7-14)30(25,26)23(2)13-19(24)22-21-12-15-10-17(27-3)20(29-5)18(11-15)28-4/h6-12H,13H2,1-5H3,(H,22,24)/b21-12+. The number of hydrogen-bond donors (Lipinski definition) is 1. The Morgan fingerprint density at radius 3 is 2.13 bits per heavy atom. The van der Waals surface area contributed by atoms with E-state index in [0.717, 1.165) is 9.87 Å². The van der Waals surface area contributed by atoms with Gasteiger partial charge in [0, 0.05) is 12.6 Å². The van der Waals surface area contributed by atoms with Gasteiger partial charge in [-0.3, -0.25) is 4.79 Å². The summed E-state index contributed by atoms with van der Waals surface area (Å²) in [5.74, 6) is 0.725. The van der Waals surface area contributed by atoms with E-state index in [1.165, 1.54) is 46.7 Å². The molecule has 10 heteroatoms. The van der Waals surface area contributed by atoms with E-state index in [2.05, 4.69) is 10.5 Å². The molecule has 1 N–H and O–H groups in total. The summed E-state index contributed by atoms with van der Waals surface area (Å²) in [7, 11) is 2.03. The summed E-state index contributed by atoms with van der Waals surface area (Å²) in [4.78, 5) is 12.2. The quantitative estimate of drug-likeness (QED) is 0.475. The molecule has 2 aromatic rings. The third-order valence-corrected chi connectivity index (χ3v) is 6.00. The van der Waals surface area contributed by atoms with Gasteiger partial charge in [0.05, 0.1) is 39.0 Å². The van der Waals surface area contributed by atoms with Crippen LogP contribution >= 0.6 is 0 Å². The molecule has 0 bridgehead atoms. The number of sulfonamides is 1. The van der Waals surface area contributed by atoms with E-state index in [1.807, 2.05) is 6.92 Å². The van der Waals surface area contributed by atoms with Crippen molar-refractivity contribution in [1.82, 2.24) is 9.73 Å². The van der Waals surface area contributed by atoms with Crippen molar-refractivity contribution in [3.8, 4) is 17.2 Å². The van der Waals surface area contributed by atoms with Crippen molar-refractivity contribution in [3.63, 3.8) is 0 Å². The molecule has 0 spiro atoms. The van der Waals surface area contributed by atoms with Crippen LogP contribution in [0.5, 0.6) is 17.2 Å². The van der Waals surface area contributed by atoms with E-state index in [0.29, 0.717) is 22.8 Å². The largest absolute Gasteiger partial charge is 0.493 e. The molecule has 0 heterocycles. The van der Waals surface area contributed by atoms with Crippen LogP contribution < -0.4 is 19.6 Å². The first-order chi connectivity index (χ1) is 14.2.